The van der Waals surface area contributed by atoms with Crippen molar-refractivity contribution < 1.29 is 0 Å². The summed E-state index contributed by atoms with van der Waals surface area (Å²) in [6.45, 7) is 1.98. The summed E-state index contributed by atoms with van der Waals surface area (Å²) in [6.07, 6.45) is 1.82. The molecule has 4 aromatic rings. The van der Waals surface area contributed by atoms with E-state index in [9.17, 15) is 4.79 Å². The van der Waals surface area contributed by atoms with Gasteiger partial charge in [-0.3, -0.25) is 4.79 Å². The molecule has 26 heavy (non-hydrogen) atoms. The quantitative estimate of drug-likeness (QED) is 0.521. The van der Waals surface area contributed by atoms with Crippen LogP contribution in [0.15, 0.2) is 59.5 Å². The summed E-state index contributed by atoms with van der Waals surface area (Å²) in [5, 5.41) is 12.2. The number of aromatic nitrogens is 4. The third kappa shape index (κ3) is 2.15. The fourth-order valence-electron chi connectivity index (χ4n) is 3.81. The molecule has 1 aliphatic rings. The van der Waals surface area contributed by atoms with Gasteiger partial charge in [0.1, 0.15) is 5.82 Å². The summed E-state index contributed by atoms with van der Waals surface area (Å²) in [7, 11) is 0. The Balaban J connectivity index is 1.81. The highest BCUT2D eigenvalue weighted by Crippen LogP contribution is 2.45. The molecule has 0 aliphatic carbocycles. The van der Waals surface area contributed by atoms with E-state index in [0.717, 1.165) is 33.8 Å². The number of nitrogens with zero attached hydrogens (tertiary/aromatic N) is 2. The van der Waals surface area contributed by atoms with Crippen molar-refractivity contribution in [3.8, 4) is 0 Å². The number of aromatic amines is 2. The summed E-state index contributed by atoms with van der Waals surface area (Å²) in [4.78, 5) is 20.2. The summed E-state index contributed by atoms with van der Waals surface area (Å²) in [5.41, 5.74) is 3.70. The van der Waals surface area contributed by atoms with Crippen LogP contribution in [0.25, 0.3) is 10.8 Å². The molecule has 128 valence electrons. The lowest BCUT2D eigenvalue weighted by molar-refractivity contribution is 0.610. The van der Waals surface area contributed by atoms with E-state index in [1.807, 2.05) is 49.5 Å². The van der Waals surface area contributed by atoms with E-state index < -0.39 is 0 Å². The van der Waals surface area contributed by atoms with Gasteiger partial charge in [0.2, 0.25) is 0 Å². The van der Waals surface area contributed by atoms with Gasteiger partial charge in [-0.1, -0.05) is 36.4 Å². The lowest BCUT2D eigenvalue weighted by Gasteiger charge is -2.33. The van der Waals surface area contributed by atoms with Crippen LogP contribution in [0.1, 0.15) is 34.7 Å². The maximum atomic E-state index is 12.3. The largest absolute Gasteiger partial charge is 0.377 e. The number of hydrogen-bond acceptors (Lipinski definition) is 4. The first-order valence-corrected chi connectivity index (χ1v) is 8.56. The zero-order chi connectivity index (χ0) is 17.7. The van der Waals surface area contributed by atoms with Gasteiger partial charge in [-0.05, 0) is 24.6 Å². The Morgan fingerprint density at radius 2 is 1.88 bits per heavy atom. The van der Waals surface area contributed by atoms with Gasteiger partial charge < -0.3 is 10.3 Å². The highest BCUT2D eigenvalue weighted by atomic mass is 16.1. The SMILES string of the molecule is Cc1cnc(C2c3n[nH]c(=O)c4cccc(c34)NC2c2ccccc2)[nH]1. The normalized spacial score (nSPS) is 18.7. The Hall–Kier alpha value is -3.41. The first-order chi connectivity index (χ1) is 12.7. The van der Waals surface area contributed by atoms with Crippen molar-refractivity contribution in [2.45, 2.75) is 18.9 Å². The van der Waals surface area contributed by atoms with Crippen LogP contribution >= 0.6 is 0 Å². The molecule has 6 heteroatoms. The molecule has 2 atom stereocenters. The van der Waals surface area contributed by atoms with E-state index in [0.29, 0.717) is 5.39 Å². The summed E-state index contributed by atoms with van der Waals surface area (Å²) in [6, 6.07) is 15.9. The van der Waals surface area contributed by atoms with Gasteiger partial charge in [-0.2, -0.15) is 5.10 Å². The smallest absolute Gasteiger partial charge is 0.272 e. The number of hydrogen-bond donors (Lipinski definition) is 3. The molecule has 0 radical (unpaired) electrons. The monoisotopic (exact) mass is 343 g/mol. The van der Waals surface area contributed by atoms with E-state index >= 15 is 0 Å². The van der Waals surface area contributed by atoms with Crippen LogP contribution in [0.2, 0.25) is 0 Å². The summed E-state index contributed by atoms with van der Waals surface area (Å²) >= 11 is 0. The zero-order valence-electron chi connectivity index (χ0n) is 14.2. The molecule has 3 N–H and O–H groups in total. The van der Waals surface area contributed by atoms with Crippen LogP contribution in [0, 0.1) is 6.92 Å². The van der Waals surface area contributed by atoms with Crippen LogP contribution in [0.5, 0.6) is 0 Å². The molecule has 3 heterocycles. The average molecular weight is 343 g/mol. The third-order valence-corrected chi connectivity index (χ3v) is 4.96. The van der Waals surface area contributed by atoms with Gasteiger partial charge in [-0.15, -0.1) is 0 Å². The molecular weight excluding hydrogens is 326 g/mol. The first kappa shape index (κ1) is 14.9. The molecule has 0 fully saturated rings. The Labute approximate surface area is 149 Å². The van der Waals surface area contributed by atoms with E-state index in [2.05, 4.69) is 37.6 Å². The first-order valence-electron chi connectivity index (χ1n) is 8.56. The molecule has 0 saturated heterocycles. The highest BCUT2D eigenvalue weighted by Gasteiger charge is 2.36. The Morgan fingerprint density at radius 3 is 2.65 bits per heavy atom. The lowest BCUT2D eigenvalue weighted by atomic mass is 9.84. The van der Waals surface area contributed by atoms with Gasteiger partial charge in [0.05, 0.1) is 23.0 Å². The second kappa shape index (κ2) is 5.56. The predicted octanol–water partition coefficient (Wildman–Crippen LogP) is 3.25. The van der Waals surface area contributed by atoms with Crippen LogP contribution in [0.3, 0.4) is 0 Å². The van der Waals surface area contributed by atoms with E-state index in [1.165, 1.54) is 0 Å². The van der Waals surface area contributed by atoms with Crippen molar-refractivity contribution in [1.82, 2.24) is 20.2 Å². The van der Waals surface area contributed by atoms with Gasteiger partial charge in [0.15, 0.2) is 0 Å². The maximum absolute atomic E-state index is 12.3. The number of H-pyrrole nitrogens is 2. The van der Waals surface area contributed by atoms with Gasteiger partial charge in [-0.25, -0.2) is 10.1 Å². The molecule has 6 nitrogen and oxygen atoms in total. The van der Waals surface area contributed by atoms with Crippen LogP contribution in [-0.2, 0) is 0 Å². The van der Waals surface area contributed by atoms with E-state index in [-0.39, 0.29) is 17.5 Å². The fraction of sp³-hybridized carbons (Fsp3) is 0.150. The molecule has 0 amide bonds. The van der Waals surface area contributed by atoms with Crippen LogP contribution in [-0.4, -0.2) is 20.2 Å². The van der Waals surface area contributed by atoms with Crippen molar-refractivity contribution in [3.63, 3.8) is 0 Å². The molecule has 0 bridgehead atoms. The van der Waals surface area contributed by atoms with E-state index in [1.54, 1.807) is 0 Å². The molecule has 2 aromatic carbocycles. The molecule has 2 unspecified atom stereocenters. The standard InChI is InChI=1S/C20H17N5O/c1-11-10-21-19(22-11)16-17(12-6-3-2-4-7-12)23-14-9-5-8-13-15(14)18(16)24-25-20(13)26/h2-10,16-17,23H,1H3,(H,21,22)(H,25,26). The number of nitrogens with one attached hydrogen (secondary N) is 3. The Morgan fingerprint density at radius 1 is 1.04 bits per heavy atom. The summed E-state index contributed by atoms with van der Waals surface area (Å²) in [5.74, 6) is 0.694. The van der Waals surface area contributed by atoms with Crippen LogP contribution < -0.4 is 10.9 Å². The minimum atomic E-state index is -0.181. The Kier molecular flexibility index (Phi) is 3.18. The molecule has 5 rings (SSSR count). The number of benzene rings is 2. The van der Waals surface area contributed by atoms with Crippen molar-refractivity contribution >= 4 is 16.5 Å². The Bertz CT molecular complexity index is 1160. The molecule has 0 saturated carbocycles. The number of aryl methyl sites for hydroxylation is 1. The molecule has 1 aliphatic heterocycles. The van der Waals surface area contributed by atoms with E-state index in [4.69, 9.17) is 0 Å². The molecule has 2 aromatic heterocycles. The number of anilines is 1. The van der Waals surface area contributed by atoms with Crippen LogP contribution in [0.4, 0.5) is 5.69 Å². The fourth-order valence-corrected chi connectivity index (χ4v) is 3.81. The second-order valence-electron chi connectivity index (χ2n) is 6.63. The van der Waals surface area contributed by atoms with Crippen molar-refractivity contribution in [3.05, 3.63) is 87.9 Å². The van der Waals surface area contributed by atoms with Crippen molar-refractivity contribution in [2.24, 2.45) is 0 Å². The number of imidazole rings is 1. The highest BCUT2D eigenvalue weighted by molar-refractivity contribution is 5.97. The van der Waals surface area contributed by atoms with Gasteiger partial charge in [0, 0.05) is 23.0 Å². The van der Waals surface area contributed by atoms with Gasteiger partial charge >= 0.3 is 0 Å². The molecule has 0 spiro atoms. The minimum Gasteiger partial charge on any atom is -0.377 e. The van der Waals surface area contributed by atoms with Crippen molar-refractivity contribution in [2.75, 3.05) is 5.32 Å². The third-order valence-electron chi connectivity index (χ3n) is 4.96. The topological polar surface area (TPSA) is 86.5 Å². The predicted molar refractivity (Wildman–Crippen MR) is 100 cm³/mol. The summed E-state index contributed by atoms with van der Waals surface area (Å²) < 4.78 is 0. The van der Waals surface area contributed by atoms with Gasteiger partial charge in [0.25, 0.3) is 5.56 Å². The van der Waals surface area contributed by atoms with Crippen molar-refractivity contribution in [1.29, 1.82) is 0 Å². The minimum absolute atomic E-state index is 0.0433. The average Bonchev–Trinajstić information content (AvgIpc) is 3.10. The second-order valence-corrected chi connectivity index (χ2v) is 6.63. The lowest BCUT2D eigenvalue weighted by Crippen LogP contribution is -2.28. The zero-order valence-corrected chi connectivity index (χ0v) is 14.2. The number of rotatable bonds is 2. The maximum Gasteiger partial charge on any atom is 0.272 e. The molecular formula is C20H17N5O.